The molecule has 1 atom stereocenters. The highest BCUT2D eigenvalue weighted by Crippen LogP contribution is 2.34. The quantitative estimate of drug-likeness (QED) is 0.303. The van der Waals surface area contributed by atoms with Crippen molar-refractivity contribution in [3.05, 3.63) is 89.7 Å². The van der Waals surface area contributed by atoms with Crippen LogP contribution in [-0.2, 0) is 6.42 Å². The van der Waals surface area contributed by atoms with Crippen molar-refractivity contribution in [3.63, 3.8) is 0 Å². The fourth-order valence-corrected chi connectivity index (χ4v) is 3.43. The minimum Gasteiger partial charge on any atom is -0.465 e. The number of allylic oxidation sites excluding steroid dienone is 3. The van der Waals surface area contributed by atoms with Gasteiger partial charge in [0.25, 0.3) is 0 Å². The summed E-state index contributed by atoms with van der Waals surface area (Å²) >= 11 is 0. The Balaban J connectivity index is 1.84. The van der Waals surface area contributed by atoms with Gasteiger partial charge in [0.1, 0.15) is 5.75 Å². The Labute approximate surface area is 182 Å². The summed E-state index contributed by atoms with van der Waals surface area (Å²) in [5, 5.41) is 3.62. The van der Waals surface area contributed by atoms with E-state index in [4.69, 9.17) is 4.74 Å². The summed E-state index contributed by atoms with van der Waals surface area (Å²) in [5.41, 5.74) is 2.61. The number of hydrogen-bond donors (Lipinski definition) is 1. The van der Waals surface area contributed by atoms with Gasteiger partial charge in [0.2, 0.25) is 0 Å². The summed E-state index contributed by atoms with van der Waals surface area (Å²) in [4.78, 5) is 0. The molecule has 0 aromatic heterocycles. The first-order chi connectivity index (χ1) is 15.0. The fraction of sp³-hybridized carbons (Fsp3) is 0.385. The van der Waals surface area contributed by atoms with Crippen LogP contribution in [0.5, 0.6) is 5.75 Å². The van der Waals surface area contributed by atoms with Gasteiger partial charge in [0.05, 0.1) is 12.3 Å². The molecular weight excluding hydrogens is 399 g/mol. The van der Waals surface area contributed by atoms with Gasteiger partial charge in [0, 0.05) is 12.0 Å². The molecule has 1 N–H and O–H groups in total. The van der Waals surface area contributed by atoms with Gasteiger partial charge in [-0.1, -0.05) is 61.5 Å². The number of rotatable bonds is 11. The normalized spacial score (nSPS) is 15.6. The highest BCUT2D eigenvalue weighted by Gasteiger charge is 2.27. The number of para-hydroxylation sites is 1. The Morgan fingerprint density at radius 3 is 2.65 bits per heavy atom. The van der Waals surface area contributed by atoms with Crippen molar-refractivity contribution in [1.82, 2.24) is 5.32 Å². The largest absolute Gasteiger partial charge is 0.465 e. The summed E-state index contributed by atoms with van der Waals surface area (Å²) in [7, 11) is 0. The average Bonchev–Trinajstić information content (AvgIpc) is 3.57. The summed E-state index contributed by atoms with van der Waals surface area (Å²) in [6, 6.07) is 15.1. The van der Waals surface area contributed by atoms with Gasteiger partial charge < -0.3 is 10.1 Å². The van der Waals surface area contributed by atoms with Crippen LogP contribution in [0.1, 0.15) is 55.3 Å². The first-order valence-electron chi connectivity index (χ1n) is 10.9. The Bertz CT molecular complexity index is 884. The molecule has 0 radical (unpaired) electrons. The van der Waals surface area contributed by atoms with Crippen LogP contribution in [0.3, 0.4) is 0 Å². The fourth-order valence-electron chi connectivity index (χ4n) is 3.43. The van der Waals surface area contributed by atoms with Crippen molar-refractivity contribution in [2.45, 2.75) is 51.2 Å². The summed E-state index contributed by atoms with van der Waals surface area (Å²) in [6.07, 6.45) is 5.90. The van der Waals surface area contributed by atoms with E-state index in [2.05, 4.69) is 12.2 Å². The van der Waals surface area contributed by atoms with E-state index in [9.17, 15) is 13.2 Å². The molecule has 3 rings (SSSR count). The third-order valence-corrected chi connectivity index (χ3v) is 5.28. The Morgan fingerprint density at radius 1 is 1.10 bits per heavy atom. The summed E-state index contributed by atoms with van der Waals surface area (Å²) in [5.74, 6) is 1.40. The van der Waals surface area contributed by atoms with Gasteiger partial charge in [-0.3, -0.25) is 0 Å². The molecule has 2 aromatic carbocycles. The monoisotopic (exact) mass is 429 g/mol. The van der Waals surface area contributed by atoms with E-state index in [-0.39, 0.29) is 12.5 Å². The standard InChI is InChI=1S/C26H30F3NO/c1-2-3-4-7-17-31-24-12-6-5-11-23(24)25(30-19-21-13-14-21)22-10-8-9-20(18-22)15-16-26(27,28)29/h3-12,17-18,21,25,30H,2,13-16,19H2,1H3/b4-3-,17-7-. The zero-order chi connectivity index (χ0) is 22.1. The molecule has 1 unspecified atom stereocenters. The Kier molecular flexibility index (Phi) is 8.35. The summed E-state index contributed by atoms with van der Waals surface area (Å²) in [6.45, 7) is 2.94. The van der Waals surface area contributed by atoms with Crippen LogP contribution < -0.4 is 10.1 Å². The molecule has 2 aromatic rings. The topological polar surface area (TPSA) is 21.3 Å². The molecule has 0 bridgehead atoms. The summed E-state index contributed by atoms with van der Waals surface area (Å²) < 4.78 is 44.0. The molecule has 1 fully saturated rings. The van der Waals surface area contributed by atoms with E-state index >= 15 is 0 Å². The molecular formula is C26H30F3NO. The number of ether oxygens (including phenoxy) is 1. The van der Waals surface area contributed by atoms with Crippen LogP contribution in [0.25, 0.3) is 0 Å². The molecule has 0 saturated heterocycles. The van der Waals surface area contributed by atoms with Crippen molar-refractivity contribution < 1.29 is 17.9 Å². The second kappa shape index (κ2) is 11.2. The number of benzene rings is 2. The van der Waals surface area contributed by atoms with Gasteiger partial charge in [0.15, 0.2) is 0 Å². The van der Waals surface area contributed by atoms with Crippen molar-refractivity contribution in [1.29, 1.82) is 0 Å². The van der Waals surface area contributed by atoms with Crippen molar-refractivity contribution >= 4 is 0 Å². The number of hydrogen-bond acceptors (Lipinski definition) is 2. The zero-order valence-corrected chi connectivity index (χ0v) is 17.9. The first-order valence-corrected chi connectivity index (χ1v) is 10.9. The third kappa shape index (κ3) is 7.91. The van der Waals surface area contributed by atoms with E-state index in [0.29, 0.717) is 11.5 Å². The molecule has 0 heterocycles. The molecule has 0 amide bonds. The maximum atomic E-state index is 12.7. The van der Waals surface area contributed by atoms with E-state index < -0.39 is 12.6 Å². The maximum Gasteiger partial charge on any atom is 0.389 e. The second-order valence-corrected chi connectivity index (χ2v) is 7.97. The van der Waals surface area contributed by atoms with E-state index in [0.717, 1.165) is 29.8 Å². The molecule has 31 heavy (non-hydrogen) atoms. The van der Waals surface area contributed by atoms with Crippen LogP contribution in [-0.4, -0.2) is 12.7 Å². The molecule has 0 aliphatic heterocycles. The van der Waals surface area contributed by atoms with Gasteiger partial charge in [-0.25, -0.2) is 0 Å². The van der Waals surface area contributed by atoms with E-state index in [1.165, 1.54) is 12.8 Å². The molecule has 1 aliphatic carbocycles. The smallest absolute Gasteiger partial charge is 0.389 e. The molecule has 1 aliphatic rings. The zero-order valence-electron chi connectivity index (χ0n) is 17.9. The molecule has 5 heteroatoms. The SMILES string of the molecule is CC/C=C\C=C/Oc1ccccc1C(NCC1CC1)c1cccc(CCC(F)(F)F)c1. The third-order valence-electron chi connectivity index (χ3n) is 5.28. The van der Waals surface area contributed by atoms with Gasteiger partial charge >= 0.3 is 6.18 Å². The van der Waals surface area contributed by atoms with E-state index in [1.54, 1.807) is 12.3 Å². The molecule has 2 nitrogen and oxygen atoms in total. The highest BCUT2D eigenvalue weighted by molar-refractivity contribution is 5.43. The first kappa shape index (κ1) is 23.1. The highest BCUT2D eigenvalue weighted by atomic mass is 19.4. The van der Waals surface area contributed by atoms with Crippen molar-refractivity contribution in [2.24, 2.45) is 5.92 Å². The molecule has 0 spiro atoms. The lowest BCUT2D eigenvalue weighted by atomic mass is 9.95. The lowest BCUT2D eigenvalue weighted by Gasteiger charge is -2.23. The van der Waals surface area contributed by atoms with Crippen LogP contribution in [0.2, 0.25) is 0 Å². The van der Waals surface area contributed by atoms with Crippen LogP contribution in [0, 0.1) is 5.92 Å². The number of halogens is 3. The minimum absolute atomic E-state index is 0.0165. The average molecular weight is 430 g/mol. The predicted octanol–water partition coefficient (Wildman–Crippen LogP) is 7.13. The van der Waals surface area contributed by atoms with Crippen LogP contribution in [0.15, 0.2) is 73.0 Å². The molecule has 1 saturated carbocycles. The predicted molar refractivity (Wildman–Crippen MR) is 119 cm³/mol. The van der Waals surface area contributed by atoms with Gasteiger partial charge in [-0.15, -0.1) is 0 Å². The minimum atomic E-state index is -4.15. The Morgan fingerprint density at radius 2 is 1.90 bits per heavy atom. The van der Waals surface area contributed by atoms with Gasteiger partial charge in [-0.2, -0.15) is 13.2 Å². The van der Waals surface area contributed by atoms with Crippen LogP contribution >= 0.6 is 0 Å². The van der Waals surface area contributed by atoms with Crippen molar-refractivity contribution in [2.75, 3.05) is 6.54 Å². The van der Waals surface area contributed by atoms with Crippen molar-refractivity contribution in [3.8, 4) is 5.75 Å². The lowest BCUT2D eigenvalue weighted by Crippen LogP contribution is -2.25. The number of aryl methyl sites for hydroxylation is 1. The number of nitrogens with one attached hydrogen (secondary N) is 1. The van der Waals surface area contributed by atoms with E-state index in [1.807, 2.05) is 60.7 Å². The second-order valence-electron chi connectivity index (χ2n) is 7.97. The van der Waals surface area contributed by atoms with Gasteiger partial charge in [-0.05, 0) is 61.4 Å². The lowest BCUT2D eigenvalue weighted by molar-refractivity contribution is -0.134. The number of alkyl halides is 3. The Hall–Kier alpha value is -2.53. The maximum absolute atomic E-state index is 12.7. The molecule has 166 valence electrons. The van der Waals surface area contributed by atoms with Crippen LogP contribution in [0.4, 0.5) is 13.2 Å².